The highest BCUT2D eigenvalue weighted by molar-refractivity contribution is 6.29. The van der Waals surface area contributed by atoms with Gasteiger partial charge in [0.05, 0.1) is 12.4 Å². The van der Waals surface area contributed by atoms with Crippen LogP contribution in [0, 0.1) is 0 Å². The zero-order valence-corrected chi connectivity index (χ0v) is 9.94. The normalized spacial score (nSPS) is 10.7. The average Bonchev–Trinajstić information content (AvgIpc) is 2.72. The molecule has 16 heavy (non-hydrogen) atoms. The smallest absolute Gasteiger partial charge is 0.175 e. The number of hydrogen-bond donors (Lipinski definition) is 0. The van der Waals surface area contributed by atoms with Gasteiger partial charge in [-0.3, -0.25) is 4.98 Å². The summed E-state index contributed by atoms with van der Waals surface area (Å²) >= 11 is 5.80. The second-order valence-corrected chi connectivity index (χ2v) is 3.65. The topological polar surface area (TPSA) is 56.5 Å². The summed E-state index contributed by atoms with van der Waals surface area (Å²) in [5.41, 5.74) is 0. The van der Waals surface area contributed by atoms with Crippen molar-refractivity contribution in [1.29, 1.82) is 0 Å². The maximum absolute atomic E-state index is 5.80. The van der Waals surface area contributed by atoms with Gasteiger partial charge in [0.1, 0.15) is 11.0 Å². The fraction of sp³-hybridized carbons (Fsp3) is 0.400. The van der Waals surface area contributed by atoms with Crippen molar-refractivity contribution in [2.75, 3.05) is 0 Å². The van der Waals surface area contributed by atoms with Crippen LogP contribution in [-0.2, 0) is 12.8 Å². The van der Waals surface area contributed by atoms with E-state index in [2.05, 4.69) is 20.1 Å². The van der Waals surface area contributed by atoms with Gasteiger partial charge in [0.2, 0.25) is 0 Å². The summed E-state index contributed by atoms with van der Waals surface area (Å²) in [6, 6.07) is 0. The second-order valence-electron chi connectivity index (χ2n) is 3.26. The third kappa shape index (κ3) is 2.04. The van der Waals surface area contributed by atoms with E-state index in [1.54, 1.807) is 10.9 Å². The maximum Gasteiger partial charge on any atom is 0.175 e. The van der Waals surface area contributed by atoms with E-state index in [1.807, 2.05) is 13.8 Å². The van der Waals surface area contributed by atoms with Crippen molar-refractivity contribution in [1.82, 2.24) is 24.7 Å². The minimum absolute atomic E-state index is 0.355. The molecule has 0 spiro atoms. The van der Waals surface area contributed by atoms with Crippen LogP contribution < -0.4 is 0 Å². The average molecular weight is 238 g/mol. The molecule has 0 fully saturated rings. The van der Waals surface area contributed by atoms with Gasteiger partial charge < -0.3 is 0 Å². The zero-order valence-electron chi connectivity index (χ0n) is 9.18. The number of aromatic nitrogens is 5. The Morgan fingerprint density at radius 1 is 1.19 bits per heavy atom. The van der Waals surface area contributed by atoms with Crippen molar-refractivity contribution in [2.45, 2.75) is 26.7 Å². The molecular weight excluding hydrogens is 226 g/mol. The first kappa shape index (κ1) is 11.0. The van der Waals surface area contributed by atoms with Crippen LogP contribution in [0.25, 0.3) is 5.82 Å². The molecule has 0 bridgehead atoms. The van der Waals surface area contributed by atoms with Crippen LogP contribution in [0.2, 0.25) is 5.15 Å². The van der Waals surface area contributed by atoms with Crippen LogP contribution in [-0.4, -0.2) is 24.7 Å². The van der Waals surface area contributed by atoms with Crippen molar-refractivity contribution in [3.8, 4) is 5.82 Å². The molecule has 2 rings (SSSR count). The van der Waals surface area contributed by atoms with Gasteiger partial charge in [-0.25, -0.2) is 9.97 Å². The monoisotopic (exact) mass is 237 g/mol. The minimum atomic E-state index is 0.355. The summed E-state index contributed by atoms with van der Waals surface area (Å²) in [4.78, 5) is 12.5. The number of aryl methyl sites for hydroxylation is 2. The third-order valence-electron chi connectivity index (χ3n) is 2.16. The van der Waals surface area contributed by atoms with Crippen molar-refractivity contribution >= 4 is 11.6 Å². The quantitative estimate of drug-likeness (QED) is 0.817. The van der Waals surface area contributed by atoms with E-state index in [4.69, 9.17) is 11.6 Å². The van der Waals surface area contributed by atoms with Crippen molar-refractivity contribution in [3.05, 3.63) is 29.2 Å². The summed E-state index contributed by atoms with van der Waals surface area (Å²) in [5.74, 6) is 2.28. The standard InChI is InChI=1S/C10H12ClN5/c1-3-8-14-9(4-2)16(15-8)10-6-12-5-7(11)13-10/h5-6H,3-4H2,1-2H3. The maximum atomic E-state index is 5.80. The molecule has 6 heteroatoms. The Hall–Kier alpha value is -1.49. The first-order valence-corrected chi connectivity index (χ1v) is 5.55. The molecule has 2 heterocycles. The van der Waals surface area contributed by atoms with E-state index >= 15 is 0 Å². The molecule has 2 aromatic rings. The number of halogens is 1. The Balaban J connectivity index is 2.50. The highest BCUT2D eigenvalue weighted by Gasteiger charge is 2.10. The fourth-order valence-corrected chi connectivity index (χ4v) is 1.53. The zero-order chi connectivity index (χ0) is 11.5. The molecule has 0 aromatic carbocycles. The van der Waals surface area contributed by atoms with Crippen molar-refractivity contribution < 1.29 is 0 Å². The van der Waals surface area contributed by atoms with Crippen LogP contribution in [0.5, 0.6) is 0 Å². The lowest BCUT2D eigenvalue weighted by molar-refractivity contribution is 0.764. The Bertz CT molecular complexity index is 494. The molecule has 0 saturated heterocycles. The lowest BCUT2D eigenvalue weighted by Gasteiger charge is -2.02. The first-order valence-electron chi connectivity index (χ1n) is 5.17. The van der Waals surface area contributed by atoms with Gasteiger partial charge in [0, 0.05) is 12.8 Å². The van der Waals surface area contributed by atoms with E-state index in [0.717, 1.165) is 24.5 Å². The molecule has 0 aliphatic rings. The number of nitrogens with zero attached hydrogens (tertiary/aromatic N) is 5. The molecule has 2 aromatic heterocycles. The molecule has 0 unspecified atom stereocenters. The summed E-state index contributed by atoms with van der Waals surface area (Å²) < 4.78 is 1.69. The molecule has 5 nitrogen and oxygen atoms in total. The molecule has 0 aliphatic carbocycles. The summed E-state index contributed by atoms with van der Waals surface area (Å²) in [6.45, 7) is 4.04. The fourth-order valence-electron chi connectivity index (χ4n) is 1.39. The van der Waals surface area contributed by atoms with Crippen molar-refractivity contribution in [2.24, 2.45) is 0 Å². The van der Waals surface area contributed by atoms with Gasteiger partial charge >= 0.3 is 0 Å². The lowest BCUT2D eigenvalue weighted by atomic mass is 10.4. The Kier molecular flexibility index (Phi) is 3.14. The number of rotatable bonds is 3. The molecule has 0 aliphatic heterocycles. The van der Waals surface area contributed by atoms with Crippen LogP contribution >= 0.6 is 11.6 Å². The van der Waals surface area contributed by atoms with Crippen LogP contribution in [0.15, 0.2) is 12.4 Å². The van der Waals surface area contributed by atoms with Gasteiger partial charge in [-0.1, -0.05) is 25.4 Å². The van der Waals surface area contributed by atoms with Gasteiger partial charge in [0.15, 0.2) is 11.6 Å². The Morgan fingerprint density at radius 2 is 2.00 bits per heavy atom. The van der Waals surface area contributed by atoms with E-state index < -0.39 is 0 Å². The molecular formula is C10H12ClN5. The van der Waals surface area contributed by atoms with E-state index in [1.165, 1.54) is 6.20 Å². The summed E-state index contributed by atoms with van der Waals surface area (Å²) in [6.07, 6.45) is 4.71. The van der Waals surface area contributed by atoms with Crippen molar-refractivity contribution in [3.63, 3.8) is 0 Å². The minimum Gasteiger partial charge on any atom is -0.258 e. The molecule has 0 radical (unpaired) electrons. The molecule has 0 amide bonds. The summed E-state index contributed by atoms with van der Waals surface area (Å²) in [5, 5.41) is 4.71. The molecule has 0 atom stereocenters. The first-order chi connectivity index (χ1) is 7.74. The van der Waals surface area contributed by atoms with Crippen LogP contribution in [0.4, 0.5) is 0 Å². The van der Waals surface area contributed by atoms with Gasteiger partial charge in [0.25, 0.3) is 0 Å². The predicted octanol–water partition coefficient (Wildman–Crippen LogP) is 1.84. The van der Waals surface area contributed by atoms with Crippen LogP contribution in [0.1, 0.15) is 25.5 Å². The van der Waals surface area contributed by atoms with Gasteiger partial charge in [-0.2, -0.15) is 4.68 Å². The largest absolute Gasteiger partial charge is 0.258 e. The van der Waals surface area contributed by atoms with E-state index in [0.29, 0.717) is 11.0 Å². The highest BCUT2D eigenvalue weighted by Crippen LogP contribution is 2.10. The molecule has 84 valence electrons. The van der Waals surface area contributed by atoms with Gasteiger partial charge in [-0.05, 0) is 0 Å². The third-order valence-corrected chi connectivity index (χ3v) is 2.34. The lowest BCUT2D eigenvalue weighted by Crippen LogP contribution is -2.05. The van der Waals surface area contributed by atoms with Crippen LogP contribution in [0.3, 0.4) is 0 Å². The number of hydrogen-bond acceptors (Lipinski definition) is 4. The Labute approximate surface area is 98.5 Å². The summed E-state index contributed by atoms with van der Waals surface area (Å²) in [7, 11) is 0. The van der Waals surface area contributed by atoms with E-state index in [-0.39, 0.29) is 0 Å². The van der Waals surface area contributed by atoms with Gasteiger partial charge in [-0.15, -0.1) is 5.10 Å². The predicted molar refractivity (Wildman–Crippen MR) is 60.7 cm³/mol. The SMILES string of the molecule is CCc1nc(CC)n(-c2cncc(Cl)n2)n1. The molecule has 0 N–H and O–H groups in total. The Morgan fingerprint density at radius 3 is 2.62 bits per heavy atom. The highest BCUT2D eigenvalue weighted by atomic mass is 35.5. The second kappa shape index (κ2) is 4.57. The molecule has 0 saturated carbocycles. The van der Waals surface area contributed by atoms with E-state index in [9.17, 15) is 0 Å².